The van der Waals surface area contributed by atoms with Crippen LogP contribution in [0, 0.1) is 0 Å². The van der Waals surface area contributed by atoms with Crippen molar-refractivity contribution in [2.24, 2.45) is 0 Å². The molecule has 9 nitrogen and oxygen atoms in total. The fraction of sp³-hybridized carbons (Fsp3) is 0.898. The third-order valence-corrected chi connectivity index (χ3v) is 11.8. The van der Waals surface area contributed by atoms with Crippen molar-refractivity contribution in [2.45, 2.75) is 269 Å². The van der Waals surface area contributed by atoms with E-state index in [-0.39, 0.29) is 12.5 Å². The number of ether oxygens (including phenoxy) is 2. The second kappa shape index (κ2) is 39.8. The summed E-state index contributed by atoms with van der Waals surface area (Å²) in [5.41, 5.74) is 0. The third kappa shape index (κ3) is 29.8. The molecule has 0 saturated carbocycles. The number of rotatable bonds is 41. The maximum Gasteiger partial charge on any atom is 0.220 e. The number of hydrogen-bond acceptors (Lipinski definition) is 8. The van der Waals surface area contributed by atoms with Crippen LogP contribution < -0.4 is 5.32 Å². The molecule has 0 radical (unpaired) electrons. The molecule has 1 amide bonds. The van der Waals surface area contributed by atoms with Crippen LogP contribution in [-0.2, 0) is 14.3 Å². The smallest absolute Gasteiger partial charge is 0.220 e. The number of nitrogens with one attached hydrogen (secondary N) is 1. The summed E-state index contributed by atoms with van der Waals surface area (Å²) in [5.74, 6) is -0.184. The largest absolute Gasteiger partial charge is 0.394 e. The van der Waals surface area contributed by atoms with Crippen LogP contribution in [0.15, 0.2) is 24.3 Å². The Bertz CT molecular complexity index is 961. The van der Waals surface area contributed by atoms with Gasteiger partial charge in [-0.15, -0.1) is 0 Å². The van der Waals surface area contributed by atoms with Crippen LogP contribution in [0.4, 0.5) is 0 Å². The van der Waals surface area contributed by atoms with Crippen LogP contribution in [-0.4, -0.2) is 87.5 Å². The van der Waals surface area contributed by atoms with E-state index in [0.29, 0.717) is 6.42 Å². The highest BCUT2D eigenvalue weighted by Crippen LogP contribution is 2.23. The maximum atomic E-state index is 13.0. The van der Waals surface area contributed by atoms with Crippen LogP contribution in [0.5, 0.6) is 0 Å². The Kier molecular flexibility index (Phi) is 37.5. The molecule has 0 aromatic rings. The standard InChI is InChI=1S/C49H93NO8/c1-3-5-7-9-11-13-15-17-19-20-21-22-23-25-26-28-30-32-34-36-38-43(52)42(41-57-49-48(56)47(55)46(54)44(40-51)58-49)50-45(53)39-37-35-33-31-29-27-24-18-16-14-12-10-8-6-4-2/h28,30,36,38,42-44,46-49,51-52,54-56H,3-27,29,31-35,37,39-41H2,1-2H3,(H,50,53)/b30-28+,38-36+. The number of unbranched alkanes of at least 4 members (excludes halogenated alkanes) is 29. The first-order chi connectivity index (χ1) is 28.3. The van der Waals surface area contributed by atoms with E-state index < -0.39 is 49.5 Å². The van der Waals surface area contributed by atoms with Crippen molar-refractivity contribution < 1.29 is 39.8 Å². The fourth-order valence-electron chi connectivity index (χ4n) is 7.82. The first-order valence-electron chi connectivity index (χ1n) is 24.6. The van der Waals surface area contributed by atoms with Crippen LogP contribution >= 0.6 is 0 Å². The molecule has 7 atom stereocenters. The number of carbonyl (C=O) groups excluding carboxylic acids is 1. The van der Waals surface area contributed by atoms with E-state index in [2.05, 4.69) is 31.3 Å². The Balaban J connectivity index is 2.34. The van der Waals surface area contributed by atoms with E-state index in [1.54, 1.807) is 6.08 Å². The van der Waals surface area contributed by atoms with Gasteiger partial charge in [-0.05, 0) is 32.1 Å². The molecule has 0 spiro atoms. The summed E-state index contributed by atoms with van der Waals surface area (Å²) >= 11 is 0. The summed E-state index contributed by atoms with van der Waals surface area (Å²) in [6.45, 7) is 3.77. The van der Waals surface area contributed by atoms with E-state index in [1.165, 1.54) is 167 Å². The van der Waals surface area contributed by atoms with Gasteiger partial charge < -0.3 is 40.3 Å². The average molecular weight is 824 g/mol. The molecule has 0 aromatic carbocycles. The highest BCUT2D eigenvalue weighted by Gasteiger charge is 2.44. The van der Waals surface area contributed by atoms with Crippen molar-refractivity contribution in [1.29, 1.82) is 0 Å². The number of aliphatic hydroxyl groups is 5. The lowest BCUT2D eigenvalue weighted by Gasteiger charge is -2.40. The average Bonchev–Trinajstić information content (AvgIpc) is 3.22. The molecule has 1 rings (SSSR count). The van der Waals surface area contributed by atoms with Gasteiger partial charge in [-0.2, -0.15) is 0 Å². The minimum absolute atomic E-state index is 0.184. The van der Waals surface area contributed by atoms with Gasteiger partial charge >= 0.3 is 0 Å². The number of aliphatic hydroxyl groups excluding tert-OH is 5. The number of allylic oxidation sites excluding steroid dienone is 3. The highest BCUT2D eigenvalue weighted by atomic mass is 16.7. The lowest BCUT2D eigenvalue weighted by molar-refractivity contribution is -0.302. The van der Waals surface area contributed by atoms with Gasteiger partial charge in [0.15, 0.2) is 6.29 Å². The van der Waals surface area contributed by atoms with Crippen LogP contribution in [0.1, 0.15) is 226 Å². The molecule has 1 fully saturated rings. The first-order valence-corrected chi connectivity index (χ1v) is 24.6. The van der Waals surface area contributed by atoms with Gasteiger partial charge in [0.25, 0.3) is 0 Å². The van der Waals surface area contributed by atoms with E-state index >= 15 is 0 Å². The normalized spacial score (nSPS) is 21.0. The number of carbonyl (C=O) groups is 1. The summed E-state index contributed by atoms with van der Waals surface area (Å²) in [6, 6.07) is -0.816. The molecule has 1 heterocycles. The van der Waals surface area contributed by atoms with Gasteiger partial charge in [0.2, 0.25) is 5.91 Å². The Morgan fingerprint density at radius 3 is 1.45 bits per heavy atom. The van der Waals surface area contributed by atoms with Gasteiger partial charge in [0, 0.05) is 6.42 Å². The van der Waals surface area contributed by atoms with E-state index in [1.807, 2.05) is 6.08 Å². The van der Waals surface area contributed by atoms with Gasteiger partial charge in [0.1, 0.15) is 24.4 Å². The number of amides is 1. The molecular formula is C49H93NO8. The molecule has 1 saturated heterocycles. The van der Waals surface area contributed by atoms with Crippen molar-refractivity contribution >= 4 is 5.91 Å². The second-order valence-electron chi connectivity index (χ2n) is 17.3. The molecule has 1 aliphatic rings. The lowest BCUT2D eigenvalue weighted by Crippen LogP contribution is -2.60. The molecule has 58 heavy (non-hydrogen) atoms. The molecule has 9 heteroatoms. The molecule has 1 aliphatic heterocycles. The molecular weight excluding hydrogens is 731 g/mol. The minimum Gasteiger partial charge on any atom is -0.394 e. The van der Waals surface area contributed by atoms with Crippen LogP contribution in [0.3, 0.4) is 0 Å². The van der Waals surface area contributed by atoms with Crippen LogP contribution in [0.25, 0.3) is 0 Å². The van der Waals surface area contributed by atoms with Gasteiger partial charge in [-0.3, -0.25) is 4.79 Å². The summed E-state index contributed by atoms with van der Waals surface area (Å²) in [6.07, 6.45) is 40.8. The Labute approximate surface area is 356 Å². The highest BCUT2D eigenvalue weighted by molar-refractivity contribution is 5.76. The van der Waals surface area contributed by atoms with Gasteiger partial charge in [0.05, 0.1) is 25.4 Å². The first kappa shape index (κ1) is 54.7. The third-order valence-electron chi connectivity index (χ3n) is 11.8. The van der Waals surface area contributed by atoms with Crippen LogP contribution in [0.2, 0.25) is 0 Å². The molecule has 0 bridgehead atoms. The molecule has 0 aliphatic carbocycles. The second-order valence-corrected chi connectivity index (χ2v) is 17.3. The quantitative estimate of drug-likeness (QED) is 0.0264. The predicted molar refractivity (Wildman–Crippen MR) is 240 cm³/mol. The Morgan fingerprint density at radius 2 is 0.983 bits per heavy atom. The lowest BCUT2D eigenvalue weighted by atomic mass is 9.99. The Hall–Kier alpha value is -1.33. The summed E-state index contributed by atoms with van der Waals surface area (Å²) in [4.78, 5) is 13.0. The van der Waals surface area contributed by atoms with E-state index in [0.717, 1.165) is 38.5 Å². The summed E-state index contributed by atoms with van der Waals surface area (Å²) in [7, 11) is 0. The Morgan fingerprint density at radius 1 is 0.569 bits per heavy atom. The zero-order valence-electron chi connectivity index (χ0n) is 37.6. The monoisotopic (exact) mass is 824 g/mol. The van der Waals surface area contributed by atoms with Crippen molar-refractivity contribution in [3.63, 3.8) is 0 Å². The molecule has 342 valence electrons. The molecule has 0 aromatic heterocycles. The topological polar surface area (TPSA) is 149 Å². The molecule has 6 N–H and O–H groups in total. The van der Waals surface area contributed by atoms with Crippen molar-refractivity contribution in [2.75, 3.05) is 13.2 Å². The fourth-order valence-corrected chi connectivity index (χ4v) is 7.82. The molecule has 7 unspecified atom stereocenters. The van der Waals surface area contributed by atoms with Gasteiger partial charge in [-0.1, -0.05) is 212 Å². The van der Waals surface area contributed by atoms with E-state index in [4.69, 9.17) is 9.47 Å². The maximum absolute atomic E-state index is 13.0. The summed E-state index contributed by atoms with van der Waals surface area (Å²) < 4.78 is 11.2. The zero-order chi connectivity index (χ0) is 42.3. The van der Waals surface area contributed by atoms with Crippen molar-refractivity contribution in [3.8, 4) is 0 Å². The summed E-state index contributed by atoms with van der Waals surface area (Å²) in [5, 5.41) is 54.2. The van der Waals surface area contributed by atoms with Crippen molar-refractivity contribution in [3.05, 3.63) is 24.3 Å². The predicted octanol–water partition coefficient (Wildman–Crippen LogP) is 10.7. The SMILES string of the molecule is CCCCCCCCCCCCCCCC/C=C/CC/C=C/C(O)C(COC1OC(CO)C(O)C(O)C1O)NC(=O)CCCCCCCCCCCCCCCCC. The zero-order valence-corrected chi connectivity index (χ0v) is 37.6. The van der Waals surface area contributed by atoms with Crippen molar-refractivity contribution in [1.82, 2.24) is 5.32 Å². The minimum atomic E-state index is -1.57. The number of hydrogen-bond donors (Lipinski definition) is 6. The van der Waals surface area contributed by atoms with E-state index in [9.17, 15) is 30.3 Å². The van der Waals surface area contributed by atoms with Gasteiger partial charge in [-0.25, -0.2) is 0 Å².